The number of nitrogens with zero attached hydrogens (tertiary/aromatic N) is 2. The summed E-state index contributed by atoms with van der Waals surface area (Å²) in [5, 5.41) is 4.19. The molecule has 2 aromatic carbocycles. The number of carbonyl (C=O) groups is 1. The molecule has 6 heteroatoms. The van der Waals surface area contributed by atoms with E-state index in [2.05, 4.69) is 72.7 Å². The molecule has 2 aromatic heterocycles. The third kappa shape index (κ3) is 5.31. The van der Waals surface area contributed by atoms with E-state index in [0.29, 0.717) is 27.8 Å². The Bertz CT molecular complexity index is 1180. The molecule has 0 radical (unpaired) electrons. The zero-order chi connectivity index (χ0) is 21.8. The number of halogens is 1. The Morgan fingerprint density at radius 1 is 1.03 bits per heavy atom. The largest absolute Gasteiger partial charge is 0.361 e. The molecule has 31 heavy (non-hydrogen) atoms. The van der Waals surface area contributed by atoms with Crippen LogP contribution in [-0.2, 0) is 13.0 Å². The van der Waals surface area contributed by atoms with Gasteiger partial charge < -0.3 is 9.42 Å². The number of Topliss-reactive ketones (excluding diaryl/α,β-unsaturated/α-hetero) is 1. The number of aryl methyl sites for hydroxylation is 1. The molecule has 0 saturated heterocycles. The maximum atomic E-state index is 12.3. The summed E-state index contributed by atoms with van der Waals surface area (Å²) in [5.74, 6) is 0.766. The van der Waals surface area contributed by atoms with Crippen molar-refractivity contribution in [1.29, 1.82) is 0 Å². The van der Waals surface area contributed by atoms with E-state index in [1.54, 1.807) is 12.1 Å². The Morgan fingerprint density at radius 3 is 2.48 bits per heavy atom. The van der Waals surface area contributed by atoms with Crippen LogP contribution in [0.5, 0.6) is 0 Å². The highest BCUT2D eigenvalue weighted by molar-refractivity contribution is 7.18. The van der Waals surface area contributed by atoms with Crippen molar-refractivity contribution < 1.29 is 9.32 Å². The molecule has 0 aliphatic rings. The second kappa shape index (κ2) is 9.60. The first-order valence-corrected chi connectivity index (χ1v) is 11.3. The minimum Gasteiger partial charge on any atom is -0.361 e. The van der Waals surface area contributed by atoms with Crippen molar-refractivity contribution in [3.8, 4) is 22.4 Å². The average Bonchev–Trinajstić information content (AvgIpc) is 3.41. The number of ketones is 1. The third-order valence-corrected chi connectivity index (χ3v) is 6.27. The molecule has 0 amide bonds. The summed E-state index contributed by atoms with van der Waals surface area (Å²) >= 11 is 7.21. The predicted octanol–water partition coefficient (Wildman–Crippen LogP) is 6.60. The summed E-state index contributed by atoms with van der Waals surface area (Å²) in [6, 6.07) is 22.2. The fraction of sp³-hybridized carbons (Fsp3) is 0.200. The van der Waals surface area contributed by atoms with E-state index in [1.807, 2.05) is 6.07 Å². The van der Waals surface area contributed by atoms with Gasteiger partial charge in [-0.1, -0.05) is 65.3 Å². The number of hydrogen-bond donors (Lipinski definition) is 0. The first kappa shape index (κ1) is 21.5. The highest BCUT2D eigenvalue weighted by Gasteiger charge is 2.13. The highest BCUT2D eigenvalue weighted by Crippen LogP contribution is 2.28. The van der Waals surface area contributed by atoms with E-state index in [9.17, 15) is 4.79 Å². The van der Waals surface area contributed by atoms with Gasteiger partial charge in [-0.05, 0) is 42.9 Å². The van der Waals surface area contributed by atoms with Crippen LogP contribution in [0.25, 0.3) is 22.4 Å². The van der Waals surface area contributed by atoms with Gasteiger partial charge in [-0.15, -0.1) is 11.3 Å². The predicted molar refractivity (Wildman–Crippen MR) is 127 cm³/mol. The summed E-state index contributed by atoms with van der Waals surface area (Å²) in [6.45, 7) is 0.890. The molecule has 0 atom stereocenters. The maximum Gasteiger partial charge on any atom is 0.173 e. The molecule has 4 rings (SSSR count). The van der Waals surface area contributed by atoms with E-state index < -0.39 is 0 Å². The Labute approximate surface area is 191 Å². The maximum absolute atomic E-state index is 12.3. The number of aromatic nitrogens is 1. The number of thiophene rings is 1. The fourth-order valence-corrected chi connectivity index (χ4v) is 4.50. The second-order valence-corrected chi connectivity index (χ2v) is 9.39. The van der Waals surface area contributed by atoms with E-state index in [0.717, 1.165) is 17.8 Å². The van der Waals surface area contributed by atoms with Crippen LogP contribution in [0.15, 0.2) is 71.3 Å². The molecule has 0 saturated carbocycles. The number of benzene rings is 2. The molecule has 0 N–H and O–H groups in total. The molecule has 4 nitrogen and oxygen atoms in total. The summed E-state index contributed by atoms with van der Waals surface area (Å²) in [6.07, 6.45) is 0.879. The van der Waals surface area contributed by atoms with Gasteiger partial charge in [-0.25, -0.2) is 0 Å². The van der Waals surface area contributed by atoms with Crippen molar-refractivity contribution in [2.45, 2.75) is 19.4 Å². The summed E-state index contributed by atoms with van der Waals surface area (Å²) < 4.78 is 6.08. The van der Waals surface area contributed by atoms with E-state index in [-0.39, 0.29) is 5.78 Å². The first-order valence-electron chi connectivity index (χ1n) is 10.1. The van der Waals surface area contributed by atoms with Crippen LogP contribution in [0.1, 0.15) is 27.4 Å². The molecule has 4 aromatic rings. The fourth-order valence-electron chi connectivity index (χ4n) is 3.49. The van der Waals surface area contributed by atoms with Gasteiger partial charge in [0.15, 0.2) is 5.78 Å². The molecule has 0 bridgehead atoms. The number of hydrogen-bond acceptors (Lipinski definition) is 5. The minimum absolute atomic E-state index is 0.0654. The molecule has 0 aliphatic carbocycles. The Morgan fingerprint density at radius 2 is 1.77 bits per heavy atom. The molecule has 0 spiro atoms. The van der Waals surface area contributed by atoms with Gasteiger partial charge in [0.25, 0.3) is 0 Å². The standard InChI is InChI=1S/C25H23ClN2O2S/c1-28(2)16-19-5-3-4-6-21(19)17-7-9-18(10-8-17)22-15-20(30-27-22)11-12-23(29)24-13-14-25(26)31-24/h3-10,13-15H,11-12,16H2,1-2H3. The lowest BCUT2D eigenvalue weighted by Crippen LogP contribution is -2.11. The molecular weight excluding hydrogens is 428 g/mol. The average molecular weight is 451 g/mol. The molecule has 2 heterocycles. The SMILES string of the molecule is CN(C)Cc1ccccc1-c1ccc(-c2cc(CCC(=O)c3ccc(Cl)s3)on2)cc1. The van der Waals surface area contributed by atoms with Gasteiger partial charge in [0.05, 0.1) is 9.21 Å². The van der Waals surface area contributed by atoms with Crippen LogP contribution >= 0.6 is 22.9 Å². The first-order chi connectivity index (χ1) is 15.0. The minimum atomic E-state index is 0.0654. The van der Waals surface area contributed by atoms with Crippen LogP contribution in [0.4, 0.5) is 0 Å². The van der Waals surface area contributed by atoms with Crippen LogP contribution < -0.4 is 0 Å². The lowest BCUT2D eigenvalue weighted by Gasteiger charge is -2.14. The van der Waals surface area contributed by atoms with Crippen molar-refractivity contribution in [2.24, 2.45) is 0 Å². The molecule has 0 aliphatic heterocycles. The Balaban J connectivity index is 1.45. The van der Waals surface area contributed by atoms with Crippen LogP contribution in [0.2, 0.25) is 4.34 Å². The smallest absolute Gasteiger partial charge is 0.173 e. The van der Waals surface area contributed by atoms with Gasteiger partial charge in [0.1, 0.15) is 11.5 Å². The van der Waals surface area contributed by atoms with E-state index >= 15 is 0 Å². The van der Waals surface area contributed by atoms with Crippen LogP contribution in [0, 0.1) is 0 Å². The van der Waals surface area contributed by atoms with Gasteiger partial charge in [-0.3, -0.25) is 4.79 Å². The highest BCUT2D eigenvalue weighted by atomic mass is 35.5. The Hall–Kier alpha value is -2.73. The van der Waals surface area contributed by atoms with Gasteiger partial charge in [-0.2, -0.15) is 0 Å². The Kier molecular flexibility index (Phi) is 6.66. The summed E-state index contributed by atoms with van der Waals surface area (Å²) in [7, 11) is 4.15. The van der Waals surface area contributed by atoms with Crippen molar-refractivity contribution >= 4 is 28.7 Å². The third-order valence-electron chi connectivity index (χ3n) is 5.00. The monoisotopic (exact) mass is 450 g/mol. The van der Waals surface area contributed by atoms with E-state index in [1.165, 1.54) is 28.0 Å². The normalized spacial score (nSPS) is 11.2. The van der Waals surface area contributed by atoms with Crippen molar-refractivity contribution in [3.63, 3.8) is 0 Å². The zero-order valence-electron chi connectivity index (χ0n) is 17.5. The van der Waals surface area contributed by atoms with Gasteiger partial charge >= 0.3 is 0 Å². The van der Waals surface area contributed by atoms with Crippen LogP contribution in [-0.4, -0.2) is 29.9 Å². The zero-order valence-corrected chi connectivity index (χ0v) is 19.0. The molecule has 0 unspecified atom stereocenters. The lowest BCUT2D eigenvalue weighted by atomic mass is 9.98. The summed E-state index contributed by atoms with van der Waals surface area (Å²) in [5.41, 5.74) is 5.46. The molecule has 158 valence electrons. The van der Waals surface area contributed by atoms with Gasteiger partial charge in [0, 0.05) is 31.0 Å². The second-order valence-electron chi connectivity index (χ2n) is 7.68. The molecule has 0 fully saturated rings. The van der Waals surface area contributed by atoms with Crippen molar-refractivity contribution in [1.82, 2.24) is 10.1 Å². The van der Waals surface area contributed by atoms with Gasteiger partial charge in [0.2, 0.25) is 0 Å². The van der Waals surface area contributed by atoms with Crippen LogP contribution in [0.3, 0.4) is 0 Å². The van der Waals surface area contributed by atoms with E-state index in [4.69, 9.17) is 16.1 Å². The topological polar surface area (TPSA) is 46.3 Å². The number of carbonyl (C=O) groups excluding carboxylic acids is 1. The molecular formula is C25H23ClN2O2S. The lowest BCUT2D eigenvalue weighted by molar-refractivity contribution is 0.0984. The quantitative estimate of drug-likeness (QED) is 0.284. The number of rotatable bonds is 8. The van der Waals surface area contributed by atoms with Crippen molar-refractivity contribution in [3.05, 3.63) is 87.3 Å². The summed E-state index contributed by atoms with van der Waals surface area (Å²) in [4.78, 5) is 15.1. The van der Waals surface area contributed by atoms with Crippen molar-refractivity contribution in [2.75, 3.05) is 14.1 Å².